The van der Waals surface area contributed by atoms with Gasteiger partial charge in [-0.15, -0.1) is 0 Å². The van der Waals surface area contributed by atoms with E-state index in [1.165, 1.54) is 0 Å². The van der Waals surface area contributed by atoms with E-state index in [1.807, 2.05) is 38.2 Å². The number of carbonyl (C=O) groups excluding carboxylic acids is 1. The zero-order valence-corrected chi connectivity index (χ0v) is 12.7. The maximum Gasteiger partial charge on any atom is 0.234 e. The van der Waals surface area contributed by atoms with E-state index in [1.54, 1.807) is 7.11 Å². The van der Waals surface area contributed by atoms with Crippen LogP contribution in [0.3, 0.4) is 0 Å². The summed E-state index contributed by atoms with van der Waals surface area (Å²) in [5.41, 5.74) is 2.05. The first-order valence-electron chi connectivity index (χ1n) is 7.04. The molecule has 1 aromatic carbocycles. The fraction of sp³-hybridized carbons (Fsp3) is 0.467. The molecule has 0 fully saturated rings. The zero-order valence-electron chi connectivity index (χ0n) is 12.7. The van der Waals surface area contributed by atoms with E-state index < -0.39 is 0 Å². The average Bonchev–Trinajstić information content (AvgIpc) is 2.83. The van der Waals surface area contributed by atoms with Crippen molar-refractivity contribution in [2.45, 2.75) is 13.0 Å². The Morgan fingerprint density at radius 2 is 2.19 bits per heavy atom. The van der Waals surface area contributed by atoms with Gasteiger partial charge < -0.3 is 14.6 Å². The molecule has 1 amide bonds. The van der Waals surface area contributed by atoms with Gasteiger partial charge in [-0.25, -0.2) is 4.98 Å². The molecule has 0 aliphatic heterocycles. The van der Waals surface area contributed by atoms with Crippen molar-refractivity contribution >= 4 is 16.9 Å². The number of amides is 1. The SMILES string of the molecule is COCCNC(=O)CNC(C)c1nc2ccccc2n1C. The lowest BCUT2D eigenvalue weighted by molar-refractivity contribution is -0.120. The van der Waals surface area contributed by atoms with Gasteiger partial charge in [0, 0.05) is 20.7 Å². The molecular formula is C15H22N4O2. The van der Waals surface area contributed by atoms with Crippen LogP contribution >= 0.6 is 0 Å². The molecule has 1 aromatic heterocycles. The summed E-state index contributed by atoms with van der Waals surface area (Å²) < 4.78 is 6.94. The topological polar surface area (TPSA) is 68.2 Å². The number of hydrogen-bond acceptors (Lipinski definition) is 4. The highest BCUT2D eigenvalue weighted by atomic mass is 16.5. The van der Waals surface area contributed by atoms with Crippen molar-refractivity contribution in [3.63, 3.8) is 0 Å². The van der Waals surface area contributed by atoms with E-state index in [9.17, 15) is 4.79 Å². The molecule has 6 nitrogen and oxygen atoms in total. The zero-order chi connectivity index (χ0) is 15.2. The van der Waals surface area contributed by atoms with E-state index in [4.69, 9.17) is 4.74 Å². The summed E-state index contributed by atoms with van der Waals surface area (Å²) in [6, 6.07) is 7.99. The quantitative estimate of drug-likeness (QED) is 0.746. The minimum atomic E-state index is -0.0438. The number of ether oxygens (including phenoxy) is 1. The molecule has 2 aromatic rings. The Bertz CT molecular complexity index is 609. The number of methoxy groups -OCH3 is 1. The number of nitrogens with zero attached hydrogens (tertiary/aromatic N) is 2. The lowest BCUT2D eigenvalue weighted by Gasteiger charge is -2.13. The van der Waals surface area contributed by atoms with Gasteiger partial charge in [-0.1, -0.05) is 12.1 Å². The second kappa shape index (κ2) is 7.19. The Balaban J connectivity index is 1.94. The number of hydrogen-bond donors (Lipinski definition) is 2. The third kappa shape index (κ3) is 3.80. The Labute approximate surface area is 124 Å². The number of aryl methyl sites for hydroxylation is 1. The standard InChI is InChI=1S/C15H22N4O2/c1-11(17-10-14(20)16-8-9-21-3)15-18-12-6-4-5-7-13(12)19(15)2/h4-7,11,17H,8-10H2,1-3H3,(H,16,20). The number of imidazole rings is 1. The highest BCUT2D eigenvalue weighted by Crippen LogP contribution is 2.18. The predicted octanol–water partition coefficient (Wildman–Crippen LogP) is 0.986. The van der Waals surface area contributed by atoms with Gasteiger partial charge in [-0.3, -0.25) is 10.1 Å². The Kier molecular flexibility index (Phi) is 5.30. The molecule has 6 heteroatoms. The number of nitrogens with one attached hydrogen (secondary N) is 2. The molecule has 1 heterocycles. The molecule has 0 saturated carbocycles. The van der Waals surface area contributed by atoms with E-state index in [0.29, 0.717) is 13.2 Å². The molecule has 21 heavy (non-hydrogen) atoms. The first-order valence-corrected chi connectivity index (χ1v) is 7.04. The van der Waals surface area contributed by atoms with Gasteiger partial charge in [-0.2, -0.15) is 0 Å². The van der Waals surface area contributed by atoms with E-state index >= 15 is 0 Å². The fourth-order valence-corrected chi connectivity index (χ4v) is 2.24. The molecule has 1 atom stereocenters. The largest absolute Gasteiger partial charge is 0.383 e. The minimum absolute atomic E-state index is 0.00410. The van der Waals surface area contributed by atoms with Gasteiger partial charge in [0.25, 0.3) is 0 Å². The van der Waals surface area contributed by atoms with Crippen LogP contribution in [-0.2, 0) is 16.6 Å². The molecule has 114 valence electrons. The molecule has 0 radical (unpaired) electrons. The number of carbonyl (C=O) groups is 1. The van der Waals surface area contributed by atoms with Crippen LogP contribution in [0.1, 0.15) is 18.8 Å². The first-order chi connectivity index (χ1) is 10.1. The van der Waals surface area contributed by atoms with Crippen molar-refractivity contribution < 1.29 is 9.53 Å². The molecule has 2 N–H and O–H groups in total. The van der Waals surface area contributed by atoms with E-state index in [0.717, 1.165) is 16.9 Å². The lowest BCUT2D eigenvalue weighted by Crippen LogP contribution is -2.37. The van der Waals surface area contributed by atoms with Gasteiger partial charge in [-0.05, 0) is 19.1 Å². The number of para-hydroxylation sites is 2. The van der Waals surface area contributed by atoms with Gasteiger partial charge in [0.2, 0.25) is 5.91 Å². The molecule has 0 spiro atoms. The number of rotatable bonds is 7. The molecule has 0 saturated heterocycles. The maximum absolute atomic E-state index is 11.7. The van der Waals surface area contributed by atoms with Crippen LogP contribution < -0.4 is 10.6 Å². The summed E-state index contributed by atoms with van der Waals surface area (Å²) in [4.78, 5) is 16.3. The first kappa shape index (κ1) is 15.5. The van der Waals surface area contributed by atoms with Crippen LogP contribution in [0.2, 0.25) is 0 Å². The third-order valence-corrected chi connectivity index (χ3v) is 3.41. The highest BCUT2D eigenvalue weighted by molar-refractivity contribution is 5.78. The van der Waals surface area contributed by atoms with Crippen LogP contribution in [0.25, 0.3) is 11.0 Å². The molecule has 0 aliphatic carbocycles. The van der Waals surface area contributed by atoms with E-state index in [2.05, 4.69) is 20.2 Å². The van der Waals surface area contributed by atoms with Gasteiger partial charge in [0.15, 0.2) is 0 Å². The van der Waals surface area contributed by atoms with Crippen LogP contribution in [0.5, 0.6) is 0 Å². The van der Waals surface area contributed by atoms with Crippen LogP contribution in [0, 0.1) is 0 Å². The molecule has 0 aliphatic rings. The third-order valence-electron chi connectivity index (χ3n) is 3.41. The Morgan fingerprint density at radius 3 is 2.90 bits per heavy atom. The van der Waals surface area contributed by atoms with Gasteiger partial charge in [0.05, 0.1) is 30.2 Å². The highest BCUT2D eigenvalue weighted by Gasteiger charge is 2.14. The van der Waals surface area contributed by atoms with Crippen LogP contribution in [0.15, 0.2) is 24.3 Å². The van der Waals surface area contributed by atoms with Gasteiger partial charge in [0.1, 0.15) is 5.82 Å². The summed E-state index contributed by atoms with van der Waals surface area (Å²) in [7, 11) is 3.60. The van der Waals surface area contributed by atoms with Crippen LogP contribution in [0.4, 0.5) is 0 Å². The number of benzene rings is 1. The van der Waals surface area contributed by atoms with Crippen molar-refractivity contribution in [1.29, 1.82) is 0 Å². The monoisotopic (exact) mass is 290 g/mol. The lowest BCUT2D eigenvalue weighted by atomic mass is 10.3. The minimum Gasteiger partial charge on any atom is -0.383 e. The van der Waals surface area contributed by atoms with Crippen molar-refractivity contribution in [3.05, 3.63) is 30.1 Å². The normalized spacial score (nSPS) is 12.5. The summed E-state index contributed by atoms with van der Waals surface area (Å²) >= 11 is 0. The Morgan fingerprint density at radius 1 is 1.43 bits per heavy atom. The predicted molar refractivity (Wildman–Crippen MR) is 82.0 cm³/mol. The van der Waals surface area contributed by atoms with Gasteiger partial charge >= 0.3 is 0 Å². The molecule has 2 rings (SSSR count). The number of aromatic nitrogens is 2. The second-order valence-electron chi connectivity index (χ2n) is 4.96. The summed E-state index contributed by atoms with van der Waals surface area (Å²) in [6.45, 7) is 3.31. The van der Waals surface area contributed by atoms with E-state index in [-0.39, 0.29) is 18.5 Å². The van der Waals surface area contributed by atoms with Crippen LogP contribution in [-0.4, -0.2) is 42.3 Å². The summed E-state index contributed by atoms with van der Waals surface area (Å²) in [5.74, 6) is 0.874. The fourth-order valence-electron chi connectivity index (χ4n) is 2.24. The summed E-state index contributed by atoms with van der Waals surface area (Å²) in [6.07, 6.45) is 0. The maximum atomic E-state index is 11.7. The van der Waals surface area contributed by atoms with Crippen molar-refractivity contribution in [2.24, 2.45) is 7.05 Å². The molecule has 0 bridgehead atoms. The number of fused-ring (bicyclic) bond motifs is 1. The van der Waals surface area contributed by atoms with Crippen molar-refractivity contribution in [1.82, 2.24) is 20.2 Å². The van der Waals surface area contributed by atoms with Crippen molar-refractivity contribution in [3.8, 4) is 0 Å². The molecule has 1 unspecified atom stereocenters. The smallest absolute Gasteiger partial charge is 0.234 e. The summed E-state index contributed by atoms with van der Waals surface area (Å²) in [5, 5.41) is 5.97. The second-order valence-corrected chi connectivity index (χ2v) is 4.96. The molecular weight excluding hydrogens is 268 g/mol. The average molecular weight is 290 g/mol. The van der Waals surface area contributed by atoms with Crippen molar-refractivity contribution in [2.75, 3.05) is 26.8 Å². The Hall–Kier alpha value is -1.92.